The van der Waals surface area contributed by atoms with Crippen molar-refractivity contribution in [3.8, 4) is 5.75 Å². The molecule has 0 amide bonds. The van der Waals surface area contributed by atoms with Gasteiger partial charge in [0, 0.05) is 5.41 Å². The van der Waals surface area contributed by atoms with Crippen LogP contribution in [0.4, 0.5) is 0 Å². The van der Waals surface area contributed by atoms with Crippen LogP contribution in [0, 0.1) is 28.1 Å². The molecule has 0 aliphatic heterocycles. The molecule has 1 unspecified atom stereocenters. The zero-order chi connectivity index (χ0) is 17.9. The van der Waals surface area contributed by atoms with E-state index in [1.165, 1.54) is 36.8 Å². The third-order valence-corrected chi connectivity index (χ3v) is 8.01. The van der Waals surface area contributed by atoms with E-state index < -0.39 is 0 Å². The molecule has 4 rings (SSSR count). The smallest absolute Gasteiger partial charge is 0.118 e. The molecule has 0 radical (unpaired) electrons. The fourth-order valence-electron chi connectivity index (χ4n) is 6.75. The summed E-state index contributed by atoms with van der Waals surface area (Å²) in [6.45, 7) is 7.72. The second-order valence-electron chi connectivity index (χ2n) is 9.54. The Bertz CT molecular complexity index is 687. The van der Waals surface area contributed by atoms with Gasteiger partial charge in [0.2, 0.25) is 0 Å². The summed E-state index contributed by atoms with van der Waals surface area (Å²) in [5.41, 5.74) is 3.35. The lowest BCUT2D eigenvalue weighted by molar-refractivity contribution is -0.119. The van der Waals surface area contributed by atoms with Gasteiger partial charge in [-0.05, 0) is 71.6 Å². The molecule has 3 aliphatic carbocycles. The van der Waals surface area contributed by atoms with Gasteiger partial charge in [0.1, 0.15) is 5.75 Å². The molecule has 2 saturated carbocycles. The van der Waals surface area contributed by atoms with Crippen LogP contribution in [0.1, 0.15) is 58.4 Å². The number of ether oxygens (including phenoxy) is 1. The van der Waals surface area contributed by atoms with Crippen LogP contribution in [0.5, 0.6) is 5.75 Å². The molecule has 25 heavy (non-hydrogen) atoms. The SMILES string of the molecule is COc1ccc(C2=C[C@H]3C2(CO)CC[C@H]2C(C)(C)CCC[C@@]23C)cc1. The number of aliphatic hydroxyl groups excluding tert-OH is 1. The van der Waals surface area contributed by atoms with Gasteiger partial charge in [-0.1, -0.05) is 45.4 Å². The Labute approximate surface area is 152 Å². The summed E-state index contributed by atoms with van der Waals surface area (Å²) in [5.74, 6) is 2.18. The average molecular weight is 341 g/mol. The lowest BCUT2D eigenvalue weighted by atomic mass is 9.38. The summed E-state index contributed by atoms with van der Waals surface area (Å²) in [7, 11) is 1.70. The summed E-state index contributed by atoms with van der Waals surface area (Å²) >= 11 is 0. The van der Waals surface area contributed by atoms with Crippen LogP contribution < -0.4 is 4.74 Å². The highest BCUT2D eigenvalue weighted by molar-refractivity contribution is 5.78. The third kappa shape index (κ3) is 2.26. The van der Waals surface area contributed by atoms with Crippen LogP contribution in [-0.2, 0) is 0 Å². The number of hydrogen-bond donors (Lipinski definition) is 1. The third-order valence-electron chi connectivity index (χ3n) is 8.01. The summed E-state index contributed by atoms with van der Waals surface area (Å²) in [5, 5.41) is 10.5. The van der Waals surface area contributed by atoms with E-state index >= 15 is 0 Å². The lowest BCUT2D eigenvalue weighted by Gasteiger charge is -2.66. The molecular weight excluding hydrogens is 308 g/mol. The Balaban J connectivity index is 1.72. The standard InChI is InChI=1S/C23H32O2/c1-21(2)11-5-12-22(3)19(21)10-13-23(15-24)18(14-20(22)23)16-6-8-17(25-4)9-7-16/h6-9,14,19-20,24H,5,10-13,15H2,1-4H3/t19-,20+,22-,23?/m0/s1. The van der Waals surface area contributed by atoms with E-state index in [9.17, 15) is 5.11 Å². The number of methoxy groups -OCH3 is 1. The van der Waals surface area contributed by atoms with E-state index in [1.54, 1.807) is 7.11 Å². The first-order valence-corrected chi connectivity index (χ1v) is 9.85. The minimum atomic E-state index is -0.0345. The Hall–Kier alpha value is -1.28. The fraction of sp³-hybridized carbons (Fsp3) is 0.652. The van der Waals surface area contributed by atoms with Crippen molar-refractivity contribution < 1.29 is 9.84 Å². The summed E-state index contributed by atoms with van der Waals surface area (Å²) < 4.78 is 5.30. The van der Waals surface area contributed by atoms with Crippen molar-refractivity contribution in [2.75, 3.05) is 13.7 Å². The Morgan fingerprint density at radius 1 is 1.08 bits per heavy atom. The summed E-state index contributed by atoms with van der Waals surface area (Å²) in [4.78, 5) is 0. The van der Waals surface area contributed by atoms with Gasteiger partial charge in [0.05, 0.1) is 13.7 Å². The van der Waals surface area contributed by atoms with E-state index in [0.29, 0.717) is 16.7 Å². The molecule has 0 aromatic heterocycles. The first-order chi connectivity index (χ1) is 11.9. The minimum Gasteiger partial charge on any atom is -0.497 e. The van der Waals surface area contributed by atoms with Crippen molar-refractivity contribution in [1.29, 1.82) is 0 Å². The number of benzene rings is 1. The highest BCUT2D eigenvalue weighted by Crippen LogP contribution is 2.71. The van der Waals surface area contributed by atoms with Gasteiger partial charge in [-0.15, -0.1) is 0 Å². The molecule has 136 valence electrons. The predicted octanol–water partition coefficient (Wildman–Crippen LogP) is 5.31. The van der Waals surface area contributed by atoms with Crippen molar-refractivity contribution in [3.05, 3.63) is 35.9 Å². The fourth-order valence-corrected chi connectivity index (χ4v) is 6.75. The number of aliphatic hydroxyl groups is 1. The van der Waals surface area contributed by atoms with Crippen molar-refractivity contribution in [2.45, 2.75) is 52.9 Å². The molecule has 2 nitrogen and oxygen atoms in total. The van der Waals surface area contributed by atoms with E-state index in [4.69, 9.17) is 4.74 Å². The summed E-state index contributed by atoms with van der Waals surface area (Å²) in [6, 6.07) is 8.37. The normalized spacial score (nSPS) is 38.8. The number of fused-ring (bicyclic) bond motifs is 3. The molecule has 1 aromatic rings. The topological polar surface area (TPSA) is 29.5 Å². The monoisotopic (exact) mass is 340 g/mol. The molecule has 0 saturated heterocycles. The molecular formula is C23H32O2. The number of rotatable bonds is 3. The summed E-state index contributed by atoms with van der Waals surface area (Å²) in [6.07, 6.45) is 8.83. The van der Waals surface area contributed by atoms with Crippen molar-refractivity contribution in [1.82, 2.24) is 0 Å². The Morgan fingerprint density at radius 2 is 1.80 bits per heavy atom. The van der Waals surface area contributed by atoms with Gasteiger partial charge >= 0.3 is 0 Å². The van der Waals surface area contributed by atoms with E-state index in [-0.39, 0.29) is 12.0 Å². The first-order valence-electron chi connectivity index (χ1n) is 9.85. The molecule has 1 N–H and O–H groups in total. The van der Waals surface area contributed by atoms with Crippen LogP contribution in [0.25, 0.3) is 5.57 Å². The number of allylic oxidation sites excluding steroid dienone is 1. The Kier molecular flexibility index (Phi) is 3.85. The maximum absolute atomic E-state index is 10.5. The lowest BCUT2D eigenvalue weighted by Crippen LogP contribution is -2.59. The molecule has 4 atom stereocenters. The van der Waals surface area contributed by atoms with Gasteiger partial charge in [0.25, 0.3) is 0 Å². The zero-order valence-electron chi connectivity index (χ0n) is 16.1. The maximum Gasteiger partial charge on any atom is 0.118 e. The highest BCUT2D eigenvalue weighted by Gasteiger charge is 2.63. The van der Waals surface area contributed by atoms with Crippen LogP contribution >= 0.6 is 0 Å². The molecule has 0 bridgehead atoms. The van der Waals surface area contributed by atoms with Gasteiger partial charge in [-0.2, -0.15) is 0 Å². The van der Waals surface area contributed by atoms with Gasteiger partial charge in [0.15, 0.2) is 0 Å². The number of hydrogen-bond acceptors (Lipinski definition) is 2. The van der Waals surface area contributed by atoms with Crippen LogP contribution in [0.15, 0.2) is 30.3 Å². The molecule has 1 aromatic carbocycles. The van der Waals surface area contributed by atoms with Crippen molar-refractivity contribution >= 4 is 5.57 Å². The van der Waals surface area contributed by atoms with Crippen molar-refractivity contribution in [3.63, 3.8) is 0 Å². The highest BCUT2D eigenvalue weighted by atomic mass is 16.5. The van der Waals surface area contributed by atoms with Crippen LogP contribution in [-0.4, -0.2) is 18.8 Å². The second kappa shape index (κ2) is 5.61. The average Bonchev–Trinajstić information content (AvgIpc) is 2.56. The molecule has 2 fully saturated rings. The van der Waals surface area contributed by atoms with Gasteiger partial charge in [-0.3, -0.25) is 0 Å². The molecule has 3 aliphatic rings. The van der Waals surface area contributed by atoms with Crippen LogP contribution in [0.2, 0.25) is 0 Å². The van der Waals surface area contributed by atoms with Crippen molar-refractivity contribution in [2.24, 2.45) is 28.1 Å². The van der Waals surface area contributed by atoms with Gasteiger partial charge in [-0.25, -0.2) is 0 Å². The molecule has 0 heterocycles. The van der Waals surface area contributed by atoms with E-state index in [1.807, 2.05) is 12.1 Å². The van der Waals surface area contributed by atoms with Gasteiger partial charge < -0.3 is 9.84 Å². The second-order valence-corrected chi connectivity index (χ2v) is 9.54. The quantitative estimate of drug-likeness (QED) is 0.807. The molecule has 2 heteroatoms. The van der Waals surface area contributed by atoms with Crippen LogP contribution in [0.3, 0.4) is 0 Å². The minimum absolute atomic E-state index is 0.0345. The predicted molar refractivity (Wildman–Crippen MR) is 102 cm³/mol. The zero-order valence-corrected chi connectivity index (χ0v) is 16.1. The largest absolute Gasteiger partial charge is 0.497 e. The Morgan fingerprint density at radius 3 is 2.44 bits per heavy atom. The molecule has 0 spiro atoms. The first kappa shape index (κ1) is 17.1. The van der Waals surface area contributed by atoms with E-state index in [2.05, 4.69) is 39.0 Å². The maximum atomic E-state index is 10.5. The van der Waals surface area contributed by atoms with E-state index in [0.717, 1.165) is 18.1 Å².